The van der Waals surface area contributed by atoms with Gasteiger partial charge in [0.1, 0.15) is 11.1 Å². The maximum Gasteiger partial charge on any atom is 0.140 e. The Morgan fingerprint density at radius 1 is 1.20 bits per heavy atom. The maximum atomic E-state index is 10.0. The number of aromatic hydroxyl groups is 1. The van der Waals surface area contributed by atoms with Crippen LogP contribution in [0.25, 0.3) is 12.2 Å². The van der Waals surface area contributed by atoms with Crippen LogP contribution in [0.2, 0.25) is 0 Å². The number of fused-ring (bicyclic) bond motifs is 1. The molecule has 1 aromatic heterocycles. The zero-order valence-electron chi connectivity index (χ0n) is 12.2. The number of benzene rings is 1. The predicted octanol–water partition coefficient (Wildman–Crippen LogP) is 2.05. The van der Waals surface area contributed by atoms with Gasteiger partial charge in [-0.3, -0.25) is 10.5 Å². The molecule has 106 valence electrons. The van der Waals surface area contributed by atoms with Gasteiger partial charge in [-0.2, -0.15) is 4.79 Å². The lowest BCUT2D eigenvalue weighted by Gasteiger charge is -2.22. The van der Waals surface area contributed by atoms with Crippen LogP contribution in [0.1, 0.15) is 39.2 Å². The molecule has 1 heterocycles. The standard InChI is InChI=1S/C16H21N3O/c1-16(2,3)11-8-9-15(20)13(10-11)18-19-14-7-5-4-6-12(14)17-19/h6-10,17-18,20H,4-5H2,1-3H3. The van der Waals surface area contributed by atoms with E-state index in [9.17, 15) is 5.11 Å². The Bertz CT molecular complexity index is 744. The molecule has 3 rings (SSSR count). The third-order valence-corrected chi connectivity index (χ3v) is 3.70. The van der Waals surface area contributed by atoms with Gasteiger partial charge in [0.2, 0.25) is 0 Å². The molecule has 0 atom stereocenters. The molecular weight excluding hydrogens is 250 g/mol. The number of anilines is 1. The van der Waals surface area contributed by atoms with Gasteiger partial charge in [-0.15, -0.1) is 0 Å². The average Bonchev–Trinajstić information content (AvgIpc) is 2.36. The summed E-state index contributed by atoms with van der Waals surface area (Å²) in [7, 11) is 0. The van der Waals surface area contributed by atoms with E-state index in [1.165, 1.54) is 5.56 Å². The summed E-state index contributed by atoms with van der Waals surface area (Å²) in [4.78, 5) is 1.85. The smallest absolute Gasteiger partial charge is 0.140 e. The Morgan fingerprint density at radius 3 is 2.65 bits per heavy atom. The van der Waals surface area contributed by atoms with Crippen LogP contribution in [0.4, 0.5) is 5.69 Å². The number of nitrogens with one attached hydrogen (secondary N) is 2. The van der Waals surface area contributed by atoms with E-state index in [4.69, 9.17) is 0 Å². The molecule has 3 N–H and O–H groups in total. The Kier molecular flexibility index (Phi) is 2.89. The Morgan fingerprint density at radius 2 is 1.95 bits per heavy atom. The minimum Gasteiger partial charge on any atom is -0.506 e. The number of hydrogen-bond acceptors (Lipinski definition) is 2. The maximum absolute atomic E-state index is 10.0. The fraction of sp³-hybridized carbons (Fsp3) is 0.375. The largest absolute Gasteiger partial charge is 0.506 e. The highest BCUT2D eigenvalue weighted by Gasteiger charge is 2.16. The lowest BCUT2D eigenvalue weighted by molar-refractivity contribution is 0.473. The number of aromatic nitrogens is 2. The van der Waals surface area contributed by atoms with Crippen molar-refractivity contribution in [1.29, 1.82) is 0 Å². The second-order valence-corrected chi connectivity index (χ2v) is 6.33. The number of phenolic OH excluding ortho intramolecular Hbond substituents is 1. The first-order valence-electron chi connectivity index (χ1n) is 7.03. The molecule has 1 aromatic carbocycles. The van der Waals surface area contributed by atoms with Crippen LogP contribution in [0.5, 0.6) is 5.75 Å². The molecule has 4 nitrogen and oxygen atoms in total. The zero-order chi connectivity index (χ0) is 14.3. The van der Waals surface area contributed by atoms with Crippen LogP contribution < -0.4 is 16.1 Å². The van der Waals surface area contributed by atoms with Crippen molar-refractivity contribution in [2.45, 2.75) is 39.0 Å². The van der Waals surface area contributed by atoms with Gasteiger partial charge in [-0.05, 0) is 36.0 Å². The molecular formula is C16H21N3O. The number of H-pyrrole nitrogens is 1. The fourth-order valence-corrected chi connectivity index (χ4v) is 2.41. The second-order valence-electron chi connectivity index (χ2n) is 6.33. The van der Waals surface area contributed by atoms with E-state index in [1.54, 1.807) is 6.07 Å². The monoisotopic (exact) mass is 271 g/mol. The van der Waals surface area contributed by atoms with Crippen LogP contribution in [0.3, 0.4) is 0 Å². The third kappa shape index (κ3) is 2.22. The second kappa shape index (κ2) is 4.47. The number of rotatable bonds is 2. The van der Waals surface area contributed by atoms with E-state index < -0.39 is 0 Å². The lowest BCUT2D eigenvalue weighted by Crippen LogP contribution is -2.52. The van der Waals surface area contributed by atoms with Crippen molar-refractivity contribution < 1.29 is 5.11 Å². The molecule has 1 aliphatic rings. The van der Waals surface area contributed by atoms with Crippen molar-refractivity contribution >= 4 is 17.8 Å². The van der Waals surface area contributed by atoms with Crippen LogP contribution >= 0.6 is 0 Å². The topological polar surface area (TPSA) is 53.0 Å². The Labute approximate surface area is 118 Å². The molecule has 0 unspecified atom stereocenters. The first-order chi connectivity index (χ1) is 9.45. The van der Waals surface area contributed by atoms with Crippen LogP contribution in [-0.2, 0) is 5.41 Å². The fourth-order valence-electron chi connectivity index (χ4n) is 2.41. The summed E-state index contributed by atoms with van der Waals surface area (Å²) in [6, 6.07) is 5.71. The van der Waals surface area contributed by atoms with Gasteiger partial charge in [0.15, 0.2) is 0 Å². The predicted molar refractivity (Wildman–Crippen MR) is 82.0 cm³/mol. The molecule has 0 spiro atoms. The molecule has 0 saturated carbocycles. The van der Waals surface area contributed by atoms with Gasteiger partial charge in [-0.25, -0.2) is 0 Å². The molecule has 0 radical (unpaired) electrons. The molecule has 1 aliphatic carbocycles. The molecule has 0 aliphatic heterocycles. The third-order valence-electron chi connectivity index (χ3n) is 3.70. The van der Waals surface area contributed by atoms with Crippen molar-refractivity contribution in [2.75, 3.05) is 5.43 Å². The lowest BCUT2D eigenvalue weighted by atomic mass is 9.87. The molecule has 0 saturated heterocycles. The number of nitrogens with zero attached hydrogens (tertiary/aromatic N) is 1. The molecule has 2 aromatic rings. The van der Waals surface area contributed by atoms with E-state index in [-0.39, 0.29) is 11.2 Å². The van der Waals surface area contributed by atoms with E-state index >= 15 is 0 Å². The van der Waals surface area contributed by atoms with Gasteiger partial charge < -0.3 is 5.11 Å². The highest BCUT2D eigenvalue weighted by atomic mass is 16.3. The van der Waals surface area contributed by atoms with E-state index in [0.717, 1.165) is 29.2 Å². The number of phenols is 1. The summed E-state index contributed by atoms with van der Waals surface area (Å²) in [6.45, 7) is 6.49. The van der Waals surface area contributed by atoms with Crippen molar-refractivity contribution in [2.24, 2.45) is 0 Å². The summed E-state index contributed by atoms with van der Waals surface area (Å²) in [5, 5.41) is 15.5. The molecule has 0 amide bonds. The summed E-state index contributed by atoms with van der Waals surface area (Å²) in [6.07, 6.45) is 6.54. The van der Waals surface area contributed by atoms with Crippen LogP contribution in [0.15, 0.2) is 18.2 Å². The molecule has 0 fully saturated rings. The number of aromatic amines is 1. The summed E-state index contributed by atoms with van der Waals surface area (Å²) >= 11 is 0. The minimum atomic E-state index is 0.0572. The van der Waals surface area contributed by atoms with Crippen LogP contribution in [0, 0.1) is 0 Å². The summed E-state index contributed by atoms with van der Waals surface area (Å²) in [5.74, 6) is 0.258. The molecule has 4 heteroatoms. The zero-order valence-corrected chi connectivity index (χ0v) is 12.2. The average molecular weight is 271 g/mol. The SMILES string of the molecule is CC(C)(C)c1ccc(O)c(Nn2[nH]c3c2=CCCC=3)c1. The normalized spacial score (nSPS) is 14.3. The van der Waals surface area contributed by atoms with Gasteiger partial charge in [0.05, 0.1) is 11.0 Å². The first-order valence-corrected chi connectivity index (χ1v) is 7.03. The van der Waals surface area contributed by atoms with Gasteiger partial charge in [0, 0.05) is 0 Å². The summed E-state index contributed by atoms with van der Waals surface area (Å²) in [5.41, 5.74) is 5.18. The van der Waals surface area contributed by atoms with E-state index in [0.29, 0.717) is 0 Å². The van der Waals surface area contributed by atoms with Crippen LogP contribution in [-0.4, -0.2) is 15.0 Å². The Hall–Kier alpha value is -2.10. The molecule has 20 heavy (non-hydrogen) atoms. The Balaban J connectivity index is 1.95. The van der Waals surface area contributed by atoms with Crippen molar-refractivity contribution in [3.05, 3.63) is 34.5 Å². The van der Waals surface area contributed by atoms with Gasteiger partial charge in [0.25, 0.3) is 0 Å². The van der Waals surface area contributed by atoms with Crippen molar-refractivity contribution in [1.82, 2.24) is 9.89 Å². The minimum absolute atomic E-state index is 0.0572. The van der Waals surface area contributed by atoms with Crippen molar-refractivity contribution in [3.63, 3.8) is 0 Å². The van der Waals surface area contributed by atoms with Gasteiger partial charge >= 0.3 is 0 Å². The van der Waals surface area contributed by atoms with Crippen molar-refractivity contribution in [3.8, 4) is 5.75 Å². The van der Waals surface area contributed by atoms with E-state index in [2.05, 4.69) is 43.4 Å². The first kappa shape index (κ1) is 12.9. The highest BCUT2D eigenvalue weighted by Crippen LogP contribution is 2.30. The highest BCUT2D eigenvalue weighted by molar-refractivity contribution is 5.58. The van der Waals surface area contributed by atoms with E-state index in [1.807, 2.05) is 16.9 Å². The summed E-state index contributed by atoms with van der Waals surface area (Å²) < 4.78 is 0. The number of hydrogen-bond donors (Lipinski definition) is 3. The quantitative estimate of drug-likeness (QED) is 0.732. The van der Waals surface area contributed by atoms with Gasteiger partial charge in [-0.1, -0.05) is 39.0 Å². The molecule has 0 bridgehead atoms.